The minimum absolute atomic E-state index is 0.0186. The Kier molecular flexibility index (Phi) is 3.65. The van der Waals surface area contributed by atoms with Gasteiger partial charge in [0.25, 0.3) is 11.8 Å². The minimum atomic E-state index is -0.423. The van der Waals surface area contributed by atoms with Crippen molar-refractivity contribution in [3.63, 3.8) is 0 Å². The molecule has 0 radical (unpaired) electrons. The van der Waals surface area contributed by atoms with Crippen LogP contribution in [0.15, 0.2) is 30.3 Å². The van der Waals surface area contributed by atoms with Crippen molar-refractivity contribution < 1.29 is 19.4 Å². The number of ether oxygens (including phenoxy) is 1. The van der Waals surface area contributed by atoms with Crippen molar-refractivity contribution >= 4 is 23.2 Å². The summed E-state index contributed by atoms with van der Waals surface area (Å²) in [4.78, 5) is 23.7. The van der Waals surface area contributed by atoms with Crippen molar-refractivity contribution in [1.29, 1.82) is 0 Å². The Labute approximate surface area is 133 Å². The van der Waals surface area contributed by atoms with Crippen LogP contribution in [0.25, 0.3) is 0 Å². The van der Waals surface area contributed by atoms with Crippen LogP contribution in [-0.2, 0) is 4.79 Å². The molecule has 0 saturated carbocycles. The van der Waals surface area contributed by atoms with Crippen molar-refractivity contribution in [3.8, 4) is 11.5 Å². The van der Waals surface area contributed by atoms with Gasteiger partial charge in [0.1, 0.15) is 11.5 Å². The van der Waals surface area contributed by atoms with E-state index in [0.29, 0.717) is 22.7 Å². The zero-order valence-electron chi connectivity index (χ0n) is 12.8. The van der Waals surface area contributed by atoms with Crippen LogP contribution in [0.1, 0.15) is 21.5 Å². The van der Waals surface area contributed by atoms with Gasteiger partial charge in [0.05, 0.1) is 11.3 Å². The molecule has 1 aliphatic heterocycles. The van der Waals surface area contributed by atoms with Gasteiger partial charge in [-0.3, -0.25) is 9.59 Å². The molecule has 6 heteroatoms. The first-order valence-electron chi connectivity index (χ1n) is 7.13. The Bertz CT molecular complexity index is 814. The number of carbonyl (C=O) groups is 2. The quantitative estimate of drug-likeness (QED) is 0.795. The van der Waals surface area contributed by atoms with E-state index < -0.39 is 5.91 Å². The van der Waals surface area contributed by atoms with Crippen molar-refractivity contribution in [1.82, 2.24) is 0 Å². The highest BCUT2D eigenvalue weighted by atomic mass is 16.5. The molecule has 0 aromatic heterocycles. The smallest absolute Gasteiger partial charge is 0.262 e. The van der Waals surface area contributed by atoms with Crippen LogP contribution in [0, 0.1) is 13.8 Å². The topological polar surface area (TPSA) is 87.7 Å². The molecule has 0 bridgehead atoms. The molecule has 3 N–H and O–H groups in total. The first-order chi connectivity index (χ1) is 11.0. The third kappa shape index (κ3) is 2.83. The molecular formula is C17H16N2O4. The lowest BCUT2D eigenvalue weighted by Crippen LogP contribution is -2.25. The number of anilines is 2. The predicted molar refractivity (Wildman–Crippen MR) is 86.1 cm³/mol. The average molecular weight is 312 g/mol. The highest BCUT2D eigenvalue weighted by molar-refractivity contribution is 6.07. The maximum absolute atomic E-state index is 12.3. The summed E-state index contributed by atoms with van der Waals surface area (Å²) in [5.74, 6) is -0.143. The molecule has 2 aromatic rings. The van der Waals surface area contributed by atoms with Crippen LogP contribution in [0.2, 0.25) is 0 Å². The summed E-state index contributed by atoms with van der Waals surface area (Å²) in [6.07, 6.45) is 0. The van der Waals surface area contributed by atoms with E-state index in [2.05, 4.69) is 10.6 Å². The molecule has 2 amide bonds. The zero-order chi connectivity index (χ0) is 16.6. The summed E-state index contributed by atoms with van der Waals surface area (Å²) in [6, 6.07) is 8.32. The van der Waals surface area contributed by atoms with Gasteiger partial charge in [-0.2, -0.15) is 0 Å². The second-order valence-electron chi connectivity index (χ2n) is 5.41. The Balaban J connectivity index is 1.85. The number of phenols is 1. The number of nitrogens with one attached hydrogen (secondary N) is 2. The molecule has 1 aliphatic rings. The first kappa shape index (κ1) is 14.9. The number of amides is 2. The van der Waals surface area contributed by atoms with Crippen LogP contribution >= 0.6 is 0 Å². The van der Waals surface area contributed by atoms with Gasteiger partial charge in [-0.15, -0.1) is 0 Å². The maximum atomic E-state index is 12.3. The van der Waals surface area contributed by atoms with Crippen molar-refractivity contribution in [2.24, 2.45) is 0 Å². The molecular weight excluding hydrogens is 296 g/mol. The number of benzene rings is 2. The summed E-state index contributed by atoms with van der Waals surface area (Å²) in [7, 11) is 0. The van der Waals surface area contributed by atoms with E-state index in [9.17, 15) is 14.7 Å². The van der Waals surface area contributed by atoms with Gasteiger partial charge in [0, 0.05) is 5.69 Å². The number of hydrogen-bond donors (Lipinski definition) is 3. The van der Waals surface area contributed by atoms with Crippen molar-refractivity contribution in [3.05, 3.63) is 47.0 Å². The number of aromatic hydroxyl groups is 1. The molecule has 3 rings (SSSR count). The Morgan fingerprint density at radius 1 is 1.26 bits per heavy atom. The molecule has 0 aliphatic carbocycles. The molecule has 6 nitrogen and oxygen atoms in total. The highest BCUT2D eigenvalue weighted by Gasteiger charge is 2.18. The Hall–Kier alpha value is -3.02. The predicted octanol–water partition coefficient (Wildman–Crippen LogP) is 2.59. The van der Waals surface area contributed by atoms with E-state index in [1.165, 1.54) is 0 Å². The fraction of sp³-hybridized carbons (Fsp3) is 0.176. The standard InChI is InChI=1S/C17H16N2O4/c1-9-3-5-12(16(21)10(9)2)17(22)18-11-4-6-14-13(7-11)19-15(20)8-23-14/h3-7,21H,8H2,1-2H3,(H,18,22)(H,19,20). The molecule has 23 heavy (non-hydrogen) atoms. The van der Waals surface area contributed by atoms with Crippen molar-refractivity contribution in [2.75, 3.05) is 17.2 Å². The van der Waals surface area contributed by atoms with Gasteiger partial charge in [-0.25, -0.2) is 0 Å². The molecule has 0 fully saturated rings. The summed E-state index contributed by atoms with van der Waals surface area (Å²) < 4.78 is 5.26. The monoisotopic (exact) mass is 312 g/mol. The number of hydrogen-bond acceptors (Lipinski definition) is 4. The SMILES string of the molecule is Cc1ccc(C(=O)Nc2ccc3c(c2)NC(=O)CO3)c(O)c1C. The normalized spacial score (nSPS) is 12.9. The molecule has 1 heterocycles. The fourth-order valence-corrected chi connectivity index (χ4v) is 2.34. The summed E-state index contributed by atoms with van der Waals surface area (Å²) >= 11 is 0. The molecule has 118 valence electrons. The average Bonchev–Trinajstić information content (AvgIpc) is 2.52. The molecule has 0 saturated heterocycles. The summed E-state index contributed by atoms with van der Waals surface area (Å²) in [5.41, 5.74) is 2.78. The van der Waals surface area contributed by atoms with E-state index in [1.54, 1.807) is 37.3 Å². The van der Waals surface area contributed by atoms with Gasteiger partial charge in [-0.1, -0.05) is 6.07 Å². The molecule has 0 unspecified atom stereocenters. The maximum Gasteiger partial charge on any atom is 0.262 e. The van der Waals surface area contributed by atoms with Gasteiger partial charge in [0.2, 0.25) is 0 Å². The number of aryl methyl sites for hydroxylation is 1. The molecule has 0 atom stereocenters. The van der Waals surface area contributed by atoms with Crippen LogP contribution in [0.3, 0.4) is 0 Å². The largest absolute Gasteiger partial charge is 0.507 e. The van der Waals surface area contributed by atoms with E-state index >= 15 is 0 Å². The zero-order valence-corrected chi connectivity index (χ0v) is 12.8. The second-order valence-corrected chi connectivity index (χ2v) is 5.41. The minimum Gasteiger partial charge on any atom is -0.507 e. The number of rotatable bonds is 2. The Morgan fingerprint density at radius 3 is 2.83 bits per heavy atom. The van der Waals surface area contributed by atoms with E-state index in [4.69, 9.17) is 4.74 Å². The van der Waals surface area contributed by atoms with E-state index in [1.807, 2.05) is 6.92 Å². The molecule has 0 spiro atoms. The lowest BCUT2D eigenvalue weighted by Gasteiger charge is -2.18. The lowest BCUT2D eigenvalue weighted by molar-refractivity contribution is -0.118. The third-order valence-electron chi connectivity index (χ3n) is 3.82. The summed E-state index contributed by atoms with van der Waals surface area (Å²) in [6.45, 7) is 3.60. The van der Waals surface area contributed by atoms with Gasteiger partial charge in [-0.05, 0) is 49.2 Å². The van der Waals surface area contributed by atoms with Crippen LogP contribution < -0.4 is 15.4 Å². The van der Waals surface area contributed by atoms with Gasteiger partial charge in [0.15, 0.2) is 6.61 Å². The Morgan fingerprint density at radius 2 is 2.04 bits per heavy atom. The van der Waals surface area contributed by atoms with E-state index in [0.717, 1.165) is 5.56 Å². The third-order valence-corrected chi connectivity index (χ3v) is 3.82. The number of carbonyl (C=O) groups excluding carboxylic acids is 2. The van der Waals surface area contributed by atoms with Crippen LogP contribution in [0.5, 0.6) is 11.5 Å². The number of phenolic OH excluding ortho intramolecular Hbond substituents is 1. The summed E-state index contributed by atoms with van der Waals surface area (Å²) in [5, 5.41) is 15.5. The fourth-order valence-electron chi connectivity index (χ4n) is 2.34. The van der Waals surface area contributed by atoms with Crippen LogP contribution in [0.4, 0.5) is 11.4 Å². The first-order valence-corrected chi connectivity index (χ1v) is 7.13. The van der Waals surface area contributed by atoms with Gasteiger partial charge < -0.3 is 20.5 Å². The highest BCUT2D eigenvalue weighted by Crippen LogP contribution is 2.31. The van der Waals surface area contributed by atoms with Crippen molar-refractivity contribution in [2.45, 2.75) is 13.8 Å². The second kappa shape index (κ2) is 5.64. The lowest BCUT2D eigenvalue weighted by atomic mass is 10.0. The van der Waals surface area contributed by atoms with E-state index in [-0.39, 0.29) is 23.8 Å². The van der Waals surface area contributed by atoms with Gasteiger partial charge >= 0.3 is 0 Å². The molecule has 2 aromatic carbocycles. The number of fused-ring (bicyclic) bond motifs is 1. The van der Waals surface area contributed by atoms with Crippen LogP contribution in [-0.4, -0.2) is 23.5 Å².